The Labute approximate surface area is 228 Å². The van der Waals surface area contributed by atoms with Gasteiger partial charge in [0.25, 0.3) is 5.56 Å². The van der Waals surface area contributed by atoms with Gasteiger partial charge in [-0.05, 0) is 30.6 Å². The van der Waals surface area contributed by atoms with Gasteiger partial charge in [0.1, 0.15) is 12.4 Å². The van der Waals surface area contributed by atoms with Crippen LogP contribution < -0.4 is 17.0 Å². The second-order valence-electron chi connectivity index (χ2n) is 9.26. The number of aliphatic hydroxyl groups is 1. The predicted molar refractivity (Wildman–Crippen MR) is 138 cm³/mol. The summed E-state index contributed by atoms with van der Waals surface area (Å²) < 4.78 is 40.4. The van der Waals surface area contributed by atoms with Crippen molar-refractivity contribution < 1.29 is 32.9 Å². The number of hydrogen-bond donors (Lipinski definition) is 5. The van der Waals surface area contributed by atoms with E-state index in [2.05, 4.69) is 30.0 Å². The number of aromatic nitrogens is 8. The number of nitrogens with zero attached hydrogens (tertiary/aromatic N) is 7. The largest absolute Gasteiger partial charge is 0.381 e. The van der Waals surface area contributed by atoms with Gasteiger partial charge in [0.15, 0.2) is 35.0 Å². The fourth-order valence-corrected chi connectivity index (χ4v) is 6.25. The van der Waals surface area contributed by atoms with Gasteiger partial charge in [-0.3, -0.25) is 18.9 Å². The molecule has 20 heteroatoms. The topological polar surface area (TPSA) is 236 Å². The van der Waals surface area contributed by atoms with E-state index in [0.29, 0.717) is 24.2 Å². The first-order valence-corrected chi connectivity index (χ1v) is 14.6. The maximum atomic E-state index is 15.4. The van der Waals surface area contributed by atoms with Crippen molar-refractivity contribution in [1.29, 1.82) is 0 Å². The number of halogens is 1. The summed E-state index contributed by atoms with van der Waals surface area (Å²) in [6, 6.07) is 0. The Morgan fingerprint density at radius 1 is 1.27 bits per heavy atom. The van der Waals surface area contributed by atoms with Crippen LogP contribution in [0.15, 0.2) is 23.6 Å². The quantitative estimate of drug-likeness (QED) is 0.190. The van der Waals surface area contributed by atoms with Crippen LogP contribution in [0, 0.1) is 5.92 Å². The summed E-state index contributed by atoms with van der Waals surface area (Å²) in [6.45, 7) is -4.42. The molecule has 1 unspecified atom stereocenters. The van der Waals surface area contributed by atoms with Crippen molar-refractivity contribution in [1.82, 2.24) is 39.1 Å². The smallest absolute Gasteiger partial charge is 0.325 e. The van der Waals surface area contributed by atoms with E-state index in [1.807, 2.05) is 0 Å². The minimum absolute atomic E-state index is 0.0862. The lowest BCUT2D eigenvalue weighted by Crippen LogP contribution is -2.36. The third-order valence-electron chi connectivity index (χ3n) is 6.78. The van der Waals surface area contributed by atoms with Crippen LogP contribution in [-0.4, -0.2) is 80.9 Å². The van der Waals surface area contributed by atoms with E-state index >= 15 is 4.39 Å². The Morgan fingerprint density at radius 3 is 2.92 bits per heavy atom. The lowest BCUT2D eigenvalue weighted by Gasteiger charge is -2.29. The molecule has 0 amide bonds. The highest BCUT2D eigenvalue weighted by Crippen LogP contribution is 2.49. The van der Waals surface area contributed by atoms with Crippen molar-refractivity contribution in [2.45, 2.75) is 43.7 Å². The zero-order valence-corrected chi connectivity index (χ0v) is 22.2. The van der Waals surface area contributed by atoms with E-state index < -0.39 is 43.2 Å². The number of nitrogen functional groups attached to an aromatic ring is 2. The van der Waals surface area contributed by atoms with Crippen molar-refractivity contribution in [2.24, 2.45) is 5.92 Å². The van der Waals surface area contributed by atoms with Crippen molar-refractivity contribution in [3.05, 3.63) is 34.9 Å². The molecule has 214 valence electrons. The summed E-state index contributed by atoms with van der Waals surface area (Å²) in [5, 5.41) is 15.2. The van der Waals surface area contributed by atoms with Crippen molar-refractivity contribution in [3.8, 4) is 0 Å². The zero-order valence-electron chi connectivity index (χ0n) is 20.5. The van der Waals surface area contributed by atoms with Crippen LogP contribution in [0.1, 0.15) is 30.9 Å². The normalized spacial score (nSPS) is 30.7. The second kappa shape index (κ2) is 10.3. The highest BCUT2D eigenvalue weighted by Gasteiger charge is 2.42. The van der Waals surface area contributed by atoms with Crippen LogP contribution in [-0.2, 0) is 30.3 Å². The van der Waals surface area contributed by atoms with Gasteiger partial charge < -0.3 is 35.5 Å². The Bertz CT molecular complexity index is 1670. The molecule has 2 saturated heterocycles. The fraction of sp³-hybridized carbons (Fsp3) is 0.500. The number of nitrogens with one attached hydrogen (secondary N) is 1. The zero-order chi connectivity index (χ0) is 28.2. The fourth-order valence-electron chi connectivity index (χ4n) is 4.86. The number of alkyl halides is 1. The Morgan fingerprint density at radius 2 is 2.10 bits per heavy atom. The number of aliphatic hydroxyl groups excluding tert-OH is 1. The maximum absolute atomic E-state index is 15.4. The number of anilines is 2. The van der Waals surface area contributed by atoms with Gasteiger partial charge in [-0.2, -0.15) is 10.1 Å². The molecule has 2 fully saturated rings. The molecular formula is C20H24FN10O7PS. The lowest BCUT2D eigenvalue weighted by molar-refractivity contribution is -0.157. The summed E-state index contributed by atoms with van der Waals surface area (Å²) in [7, 11) is 0. The summed E-state index contributed by atoms with van der Waals surface area (Å²) in [5.41, 5.74) is 11.5. The van der Waals surface area contributed by atoms with Crippen LogP contribution in [0.3, 0.4) is 0 Å². The Balaban J connectivity index is 1.22. The van der Waals surface area contributed by atoms with Gasteiger partial charge >= 0.3 is 6.72 Å². The third-order valence-corrected chi connectivity index (χ3v) is 8.34. The summed E-state index contributed by atoms with van der Waals surface area (Å²) in [5.74, 6) is -0.220. The number of hydrogen-bond acceptors (Lipinski definition) is 14. The highest BCUT2D eigenvalue weighted by molar-refractivity contribution is 8.07. The molecule has 0 saturated carbocycles. The van der Waals surface area contributed by atoms with E-state index in [4.69, 9.17) is 41.8 Å². The standard InChI is InChI=1S/C20H24FN10O7PS/c21-14-13(19(33)30-7-26-12-16(30)28-20(23)29-18(12)32)38-39(34,40)36-5-11-8(1-2-35-14)3-10(37-11)9-4-24-17-15(22)25-6-27-31(9)17/h4,6-8,10-11,13-14,19,33H,1-3,5H2,(H,34,40)(H2,22,25,27)(H3,23,28,29,32)/t8-,10+,11+,13+,14+,19+,39?/m0/s1. The third kappa shape index (κ3) is 4.94. The van der Waals surface area contributed by atoms with Crippen molar-refractivity contribution in [2.75, 3.05) is 24.7 Å². The van der Waals surface area contributed by atoms with E-state index in [1.54, 1.807) is 6.20 Å². The summed E-state index contributed by atoms with van der Waals surface area (Å²) >= 11 is 5.13. The Hall–Kier alpha value is -3.16. The molecule has 6 heterocycles. The molecule has 0 bridgehead atoms. The summed E-state index contributed by atoms with van der Waals surface area (Å²) in [6.07, 6.45) is -2.26. The highest BCUT2D eigenvalue weighted by atomic mass is 32.5. The number of rotatable bonds is 3. The summed E-state index contributed by atoms with van der Waals surface area (Å²) in [4.78, 5) is 41.2. The molecule has 0 aromatic carbocycles. The number of fused-ring (bicyclic) bond motifs is 3. The first-order valence-electron chi connectivity index (χ1n) is 12.0. The lowest BCUT2D eigenvalue weighted by atomic mass is 9.95. The SMILES string of the molecule is Nc1nc2c(ncn2[C@H](O)[C@@H]2OP(O)(=S)OC[C@H]3O[C@@H](c4cnc5c(N)ncnn45)C[C@@H]3CCO[C@H]2F)c(=O)[nH]1. The molecule has 4 aromatic rings. The van der Waals surface area contributed by atoms with E-state index in [9.17, 15) is 14.8 Å². The van der Waals surface area contributed by atoms with Gasteiger partial charge in [0.05, 0.1) is 37.5 Å². The molecule has 7 N–H and O–H groups in total. The van der Waals surface area contributed by atoms with Crippen LogP contribution >= 0.6 is 6.72 Å². The number of aromatic amines is 1. The minimum Gasteiger partial charge on any atom is -0.381 e. The van der Waals surface area contributed by atoms with Gasteiger partial charge in [0.2, 0.25) is 12.3 Å². The molecular weight excluding hydrogens is 574 g/mol. The number of imidazole rings is 2. The second-order valence-corrected chi connectivity index (χ2v) is 12.0. The molecule has 0 spiro atoms. The first kappa shape index (κ1) is 27.0. The van der Waals surface area contributed by atoms with Crippen LogP contribution in [0.4, 0.5) is 16.2 Å². The Kier molecular flexibility index (Phi) is 6.99. The molecule has 4 aromatic heterocycles. The van der Waals surface area contributed by atoms with Crippen LogP contribution in [0.25, 0.3) is 16.8 Å². The molecule has 6 rings (SSSR count). The molecule has 0 aliphatic carbocycles. The van der Waals surface area contributed by atoms with Crippen molar-refractivity contribution in [3.63, 3.8) is 0 Å². The number of H-pyrrole nitrogens is 1. The molecule has 2 aliphatic rings. The van der Waals surface area contributed by atoms with E-state index in [-0.39, 0.29) is 42.1 Å². The number of nitrogens with two attached hydrogens (primary N) is 2. The number of ether oxygens (including phenoxy) is 2. The first-order chi connectivity index (χ1) is 19.1. The average molecular weight is 599 g/mol. The minimum atomic E-state index is -4.16. The monoisotopic (exact) mass is 598 g/mol. The molecule has 0 radical (unpaired) electrons. The predicted octanol–water partition coefficient (Wildman–Crippen LogP) is -0.306. The average Bonchev–Trinajstić information content (AvgIpc) is 3.62. The van der Waals surface area contributed by atoms with Crippen molar-refractivity contribution >= 4 is 47.1 Å². The maximum Gasteiger partial charge on any atom is 0.325 e. The van der Waals surface area contributed by atoms with Gasteiger partial charge in [-0.15, -0.1) is 0 Å². The van der Waals surface area contributed by atoms with Gasteiger partial charge in [-0.25, -0.2) is 23.9 Å². The van der Waals surface area contributed by atoms with Gasteiger partial charge in [-0.1, -0.05) is 0 Å². The van der Waals surface area contributed by atoms with E-state index in [0.717, 1.165) is 10.9 Å². The van der Waals surface area contributed by atoms with E-state index in [1.165, 1.54) is 10.8 Å². The van der Waals surface area contributed by atoms with Gasteiger partial charge in [0, 0.05) is 0 Å². The molecule has 40 heavy (non-hydrogen) atoms. The van der Waals surface area contributed by atoms with Crippen LogP contribution in [0.5, 0.6) is 0 Å². The molecule has 17 nitrogen and oxygen atoms in total. The molecule has 7 atom stereocenters. The van der Waals surface area contributed by atoms with Crippen LogP contribution in [0.2, 0.25) is 0 Å². The molecule has 2 aliphatic heterocycles.